The number of aliphatic carboxylic acids is 1. The molecule has 0 heterocycles. The van der Waals surface area contributed by atoms with Crippen molar-refractivity contribution in [1.82, 2.24) is 0 Å². The highest BCUT2D eigenvalue weighted by Crippen LogP contribution is 2.32. The fourth-order valence-corrected chi connectivity index (χ4v) is 5.20. The number of allylic oxidation sites excluding steroid dienone is 1. The average Bonchev–Trinajstić information content (AvgIpc) is 2.95. The van der Waals surface area contributed by atoms with Gasteiger partial charge in [0.25, 0.3) is 0 Å². The van der Waals surface area contributed by atoms with Gasteiger partial charge in [-0.25, -0.2) is 13.2 Å². The molecule has 3 rings (SSSR count). The van der Waals surface area contributed by atoms with Crippen molar-refractivity contribution >= 4 is 21.4 Å². The van der Waals surface area contributed by atoms with E-state index in [1.807, 2.05) is 6.08 Å². The number of sulfone groups is 1. The van der Waals surface area contributed by atoms with Gasteiger partial charge in [0.05, 0.1) is 15.7 Å². The predicted molar refractivity (Wildman–Crippen MR) is 88.8 cm³/mol. The second-order valence-corrected chi connectivity index (χ2v) is 8.78. The van der Waals surface area contributed by atoms with E-state index in [9.17, 15) is 18.3 Å². The van der Waals surface area contributed by atoms with Crippen molar-refractivity contribution in [3.63, 3.8) is 0 Å². The lowest BCUT2D eigenvalue weighted by Gasteiger charge is -2.25. The molecule has 1 aromatic carbocycles. The molecule has 0 aromatic heterocycles. The molecule has 0 spiro atoms. The molecule has 2 fully saturated rings. The summed E-state index contributed by atoms with van der Waals surface area (Å²) in [7, 11) is -3.25. The van der Waals surface area contributed by atoms with E-state index in [0.717, 1.165) is 44.9 Å². The van der Waals surface area contributed by atoms with Crippen LogP contribution in [0.5, 0.6) is 0 Å². The van der Waals surface area contributed by atoms with Gasteiger partial charge in [-0.3, -0.25) is 0 Å². The third-order valence-electron chi connectivity index (χ3n) is 5.02. The molecule has 1 aromatic rings. The summed E-state index contributed by atoms with van der Waals surface area (Å²) < 4.78 is 24.8. The average molecular weight is 334 g/mol. The number of benzene rings is 1. The summed E-state index contributed by atoms with van der Waals surface area (Å²) in [5.74, 6) is -0.633. The Balaban J connectivity index is 1.86. The molecule has 124 valence electrons. The van der Waals surface area contributed by atoms with E-state index in [0.29, 0.717) is 16.4 Å². The zero-order valence-corrected chi connectivity index (χ0v) is 13.9. The molecule has 0 bridgehead atoms. The number of carbonyl (C=O) groups is 1. The molecule has 0 radical (unpaired) electrons. The normalized spacial score (nSPS) is 20.4. The molecule has 0 aliphatic heterocycles. The van der Waals surface area contributed by atoms with E-state index in [-0.39, 0.29) is 10.8 Å². The number of rotatable bonds is 5. The van der Waals surface area contributed by atoms with Crippen LogP contribution in [0.2, 0.25) is 0 Å². The molecule has 0 atom stereocenters. The zero-order valence-electron chi connectivity index (χ0n) is 13.1. The Morgan fingerprint density at radius 2 is 1.61 bits per heavy atom. The van der Waals surface area contributed by atoms with E-state index in [2.05, 4.69) is 0 Å². The molecule has 2 aliphatic carbocycles. The summed E-state index contributed by atoms with van der Waals surface area (Å²) in [5.41, 5.74) is 0.862. The Bertz CT molecular complexity index is 706. The Morgan fingerprint density at radius 3 is 2.09 bits per heavy atom. The fourth-order valence-electron chi connectivity index (χ4n) is 3.35. The standard InChI is InChI=1S/C18H22O4S/c19-18(20)17(12-13-4-1-2-5-13)14-8-10-16(11-9-14)23(21,22)15-6-3-7-15/h8-13,15H,1-7H2,(H,19,20). The van der Waals surface area contributed by atoms with Gasteiger partial charge < -0.3 is 5.11 Å². The first-order chi connectivity index (χ1) is 11.0. The second-order valence-electron chi connectivity index (χ2n) is 6.55. The first-order valence-corrected chi connectivity index (χ1v) is 9.82. The molecule has 0 saturated heterocycles. The smallest absolute Gasteiger partial charge is 0.335 e. The van der Waals surface area contributed by atoms with Crippen LogP contribution in [-0.2, 0) is 14.6 Å². The van der Waals surface area contributed by atoms with Crippen LogP contribution in [0, 0.1) is 5.92 Å². The topological polar surface area (TPSA) is 71.4 Å². The predicted octanol–water partition coefficient (Wildman–Crippen LogP) is 3.67. The molecular formula is C18H22O4S. The SMILES string of the molecule is O=C(O)C(=CC1CCCC1)c1ccc(S(=O)(=O)C2CCC2)cc1. The van der Waals surface area contributed by atoms with Crippen LogP contribution in [0.25, 0.3) is 5.57 Å². The third kappa shape index (κ3) is 3.34. The van der Waals surface area contributed by atoms with Gasteiger partial charge in [-0.05, 0) is 49.3 Å². The highest BCUT2D eigenvalue weighted by molar-refractivity contribution is 7.92. The van der Waals surface area contributed by atoms with Crippen molar-refractivity contribution in [2.75, 3.05) is 0 Å². The lowest BCUT2D eigenvalue weighted by atomic mass is 9.99. The highest BCUT2D eigenvalue weighted by Gasteiger charge is 2.32. The van der Waals surface area contributed by atoms with Crippen LogP contribution in [0.3, 0.4) is 0 Å². The molecular weight excluding hydrogens is 312 g/mol. The maximum Gasteiger partial charge on any atom is 0.335 e. The van der Waals surface area contributed by atoms with Gasteiger partial charge in [0.15, 0.2) is 9.84 Å². The number of carboxylic acids is 1. The van der Waals surface area contributed by atoms with Crippen LogP contribution in [-0.4, -0.2) is 24.7 Å². The molecule has 0 unspecified atom stereocenters. The van der Waals surface area contributed by atoms with Crippen LogP contribution >= 0.6 is 0 Å². The minimum atomic E-state index is -3.25. The minimum Gasteiger partial charge on any atom is -0.478 e. The van der Waals surface area contributed by atoms with Gasteiger partial charge in [0.1, 0.15) is 0 Å². The van der Waals surface area contributed by atoms with Crippen LogP contribution in [0.1, 0.15) is 50.5 Å². The first kappa shape index (κ1) is 16.2. The monoisotopic (exact) mass is 334 g/mol. The first-order valence-electron chi connectivity index (χ1n) is 8.28. The summed E-state index contributed by atoms with van der Waals surface area (Å²) >= 11 is 0. The van der Waals surface area contributed by atoms with Crippen LogP contribution in [0.4, 0.5) is 0 Å². The summed E-state index contributed by atoms with van der Waals surface area (Å²) in [6.45, 7) is 0. The summed E-state index contributed by atoms with van der Waals surface area (Å²) in [6, 6.07) is 6.35. The van der Waals surface area contributed by atoms with E-state index in [1.165, 1.54) is 0 Å². The lowest BCUT2D eigenvalue weighted by molar-refractivity contribution is -0.130. The quantitative estimate of drug-likeness (QED) is 0.834. The number of hydrogen-bond acceptors (Lipinski definition) is 3. The summed E-state index contributed by atoms with van der Waals surface area (Å²) in [5, 5.41) is 9.20. The van der Waals surface area contributed by atoms with Crippen molar-refractivity contribution in [3.8, 4) is 0 Å². The van der Waals surface area contributed by atoms with Crippen molar-refractivity contribution in [2.24, 2.45) is 5.92 Å². The largest absolute Gasteiger partial charge is 0.478 e. The Hall–Kier alpha value is -1.62. The van der Waals surface area contributed by atoms with E-state index in [1.54, 1.807) is 24.3 Å². The lowest BCUT2D eigenvalue weighted by Crippen LogP contribution is -2.28. The van der Waals surface area contributed by atoms with Crippen molar-refractivity contribution in [3.05, 3.63) is 35.9 Å². The molecule has 2 aliphatic rings. The van der Waals surface area contributed by atoms with Gasteiger partial charge in [0.2, 0.25) is 0 Å². The summed E-state index contributed by atoms with van der Waals surface area (Å²) in [4.78, 5) is 11.8. The number of hydrogen-bond donors (Lipinski definition) is 1. The molecule has 23 heavy (non-hydrogen) atoms. The molecule has 5 heteroatoms. The minimum absolute atomic E-state index is 0.263. The van der Waals surface area contributed by atoms with Gasteiger partial charge in [-0.1, -0.05) is 37.5 Å². The molecule has 1 N–H and O–H groups in total. The van der Waals surface area contributed by atoms with Gasteiger partial charge in [0, 0.05) is 0 Å². The maximum atomic E-state index is 12.4. The van der Waals surface area contributed by atoms with Crippen LogP contribution in [0.15, 0.2) is 35.2 Å². The zero-order chi connectivity index (χ0) is 16.4. The van der Waals surface area contributed by atoms with E-state index >= 15 is 0 Å². The fraction of sp³-hybridized carbons (Fsp3) is 0.500. The van der Waals surface area contributed by atoms with Gasteiger partial charge in [-0.15, -0.1) is 0 Å². The van der Waals surface area contributed by atoms with Gasteiger partial charge in [-0.2, -0.15) is 0 Å². The van der Waals surface area contributed by atoms with Crippen LogP contribution < -0.4 is 0 Å². The Kier molecular flexibility index (Phi) is 4.57. The second kappa shape index (κ2) is 6.48. The Morgan fingerprint density at radius 1 is 1.00 bits per heavy atom. The molecule has 2 saturated carbocycles. The van der Waals surface area contributed by atoms with Gasteiger partial charge >= 0.3 is 5.97 Å². The van der Waals surface area contributed by atoms with E-state index in [4.69, 9.17) is 0 Å². The maximum absolute atomic E-state index is 12.4. The molecule has 0 amide bonds. The van der Waals surface area contributed by atoms with E-state index < -0.39 is 15.8 Å². The Labute approximate surface area is 137 Å². The van der Waals surface area contributed by atoms with Crippen molar-refractivity contribution < 1.29 is 18.3 Å². The third-order valence-corrected chi connectivity index (χ3v) is 7.30. The molecule has 4 nitrogen and oxygen atoms in total. The van der Waals surface area contributed by atoms with Crippen molar-refractivity contribution in [2.45, 2.75) is 55.1 Å². The summed E-state index contributed by atoms with van der Waals surface area (Å²) in [6.07, 6.45) is 8.62. The number of carboxylic acid groups (broad SMARTS) is 1. The van der Waals surface area contributed by atoms with Crippen molar-refractivity contribution in [1.29, 1.82) is 0 Å². The highest BCUT2D eigenvalue weighted by atomic mass is 32.2.